The smallest absolute Gasteiger partial charge is 0.310 e. The standard InChI is InChI=1S/C15H27NO3/c1-3-8-16(11(2)12-6-4-5-7-12)14-10-19-9-13(14)15(17)18/h11-14H,3-10H2,1-2H3,(H,17,18). The van der Waals surface area contributed by atoms with E-state index in [1.54, 1.807) is 0 Å². The number of hydrogen-bond acceptors (Lipinski definition) is 3. The largest absolute Gasteiger partial charge is 0.481 e. The Kier molecular flexibility index (Phi) is 5.22. The Bertz CT molecular complexity index is 302. The quantitative estimate of drug-likeness (QED) is 0.804. The molecule has 4 heteroatoms. The molecule has 2 rings (SSSR count). The first kappa shape index (κ1) is 14.8. The molecule has 0 aromatic heterocycles. The van der Waals surface area contributed by atoms with Crippen molar-refractivity contribution in [1.82, 2.24) is 4.90 Å². The monoisotopic (exact) mass is 269 g/mol. The van der Waals surface area contributed by atoms with Crippen LogP contribution in [0.5, 0.6) is 0 Å². The van der Waals surface area contributed by atoms with Gasteiger partial charge >= 0.3 is 5.97 Å². The van der Waals surface area contributed by atoms with E-state index in [1.807, 2.05) is 0 Å². The molecule has 0 bridgehead atoms. The first-order valence-corrected chi connectivity index (χ1v) is 7.71. The van der Waals surface area contributed by atoms with Crippen molar-refractivity contribution in [3.05, 3.63) is 0 Å². The lowest BCUT2D eigenvalue weighted by atomic mass is 9.93. The van der Waals surface area contributed by atoms with Gasteiger partial charge in [0.25, 0.3) is 0 Å². The van der Waals surface area contributed by atoms with E-state index >= 15 is 0 Å². The van der Waals surface area contributed by atoms with Crippen molar-refractivity contribution in [1.29, 1.82) is 0 Å². The fraction of sp³-hybridized carbons (Fsp3) is 0.933. The minimum atomic E-state index is -0.706. The number of carboxylic acid groups (broad SMARTS) is 1. The zero-order valence-corrected chi connectivity index (χ0v) is 12.2. The number of ether oxygens (including phenoxy) is 1. The van der Waals surface area contributed by atoms with E-state index in [1.165, 1.54) is 25.7 Å². The van der Waals surface area contributed by atoms with E-state index in [2.05, 4.69) is 18.7 Å². The predicted molar refractivity (Wildman–Crippen MR) is 74.1 cm³/mol. The van der Waals surface area contributed by atoms with Crippen molar-refractivity contribution in [3.8, 4) is 0 Å². The van der Waals surface area contributed by atoms with Crippen molar-refractivity contribution >= 4 is 5.97 Å². The van der Waals surface area contributed by atoms with Crippen LogP contribution in [-0.4, -0.2) is 47.8 Å². The van der Waals surface area contributed by atoms with Gasteiger partial charge in [0.05, 0.1) is 19.1 Å². The maximum atomic E-state index is 11.4. The second-order valence-corrected chi connectivity index (χ2v) is 6.07. The predicted octanol–water partition coefficient (Wildman–Crippen LogP) is 2.38. The molecule has 3 unspecified atom stereocenters. The van der Waals surface area contributed by atoms with Gasteiger partial charge in [-0.3, -0.25) is 9.69 Å². The lowest BCUT2D eigenvalue weighted by Gasteiger charge is -2.38. The normalized spacial score (nSPS) is 30.1. The summed E-state index contributed by atoms with van der Waals surface area (Å²) in [4.78, 5) is 13.8. The second-order valence-electron chi connectivity index (χ2n) is 6.07. The van der Waals surface area contributed by atoms with Crippen LogP contribution in [0.25, 0.3) is 0 Å². The first-order chi connectivity index (χ1) is 9.15. The summed E-state index contributed by atoms with van der Waals surface area (Å²) in [5.74, 6) is -0.320. The highest BCUT2D eigenvalue weighted by molar-refractivity contribution is 5.71. The van der Waals surface area contributed by atoms with Gasteiger partial charge in [-0.2, -0.15) is 0 Å². The number of rotatable bonds is 6. The lowest BCUT2D eigenvalue weighted by Crippen LogP contribution is -2.50. The molecule has 2 aliphatic rings. The minimum Gasteiger partial charge on any atom is -0.481 e. The van der Waals surface area contributed by atoms with Gasteiger partial charge in [0.1, 0.15) is 0 Å². The van der Waals surface area contributed by atoms with Crippen molar-refractivity contribution in [2.75, 3.05) is 19.8 Å². The Morgan fingerprint density at radius 1 is 1.37 bits per heavy atom. The molecule has 3 atom stereocenters. The molecule has 2 fully saturated rings. The van der Waals surface area contributed by atoms with E-state index in [9.17, 15) is 9.90 Å². The molecular weight excluding hydrogens is 242 g/mol. The van der Waals surface area contributed by atoms with Crippen LogP contribution in [-0.2, 0) is 9.53 Å². The summed E-state index contributed by atoms with van der Waals surface area (Å²) in [6.45, 7) is 6.38. The van der Waals surface area contributed by atoms with Gasteiger partial charge in [0.2, 0.25) is 0 Å². The molecule has 1 heterocycles. The molecule has 19 heavy (non-hydrogen) atoms. The zero-order chi connectivity index (χ0) is 13.8. The summed E-state index contributed by atoms with van der Waals surface area (Å²) < 4.78 is 5.45. The summed E-state index contributed by atoms with van der Waals surface area (Å²) in [6, 6.07) is 0.545. The molecule has 110 valence electrons. The zero-order valence-electron chi connectivity index (χ0n) is 12.2. The molecule has 1 N–H and O–H groups in total. The van der Waals surface area contributed by atoms with Gasteiger partial charge in [0, 0.05) is 12.1 Å². The van der Waals surface area contributed by atoms with Crippen LogP contribution in [0.15, 0.2) is 0 Å². The number of aliphatic carboxylic acids is 1. The van der Waals surface area contributed by atoms with Gasteiger partial charge in [-0.25, -0.2) is 0 Å². The van der Waals surface area contributed by atoms with Crippen LogP contribution in [0.4, 0.5) is 0 Å². The van der Waals surface area contributed by atoms with Gasteiger partial charge < -0.3 is 9.84 Å². The highest BCUT2D eigenvalue weighted by atomic mass is 16.5. The van der Waals surface area contributed by atoms with E-state index in [0.29, 0.717) is 19.3 Å². The Balaban J connectivity index is 2.07. The summed E-state index contributed by atoms with van der Waals surface area (Å²) in [6.07, 6.45) is 6.33. The third kappa shape index (κ3) is 3.29. The highest BCUT2D eigenvalue weighted by Gasteiger charge is 2.41. The fourth-order valence-corrected chi connectivity index (χ4v) is 3.75. The van der Waals surface area contributed by atoms with Crippen molar-refractivity contribution in [3.63, 3.8) is 0 Å². The topological polar surface area (TPSA) is 49.8 Å². The van der Waals surface area contributed by atoms with Crippen LogP contribution >= 0.6 is 0 Å². The Morgan fingerprint density at radius 2 is 2.05 bits per heavy atom. The molecular formula is C15H27NO3. The summed E-state index contributed by atoms with van der Waals surface area (Å²) in [7, 11) is 0. The van der Waals surface area contributed by atoms with Gasteiger partial charge in [-0.05, 0) is 38.6 Å². The van der Waals surface area contributed by atoms with E-state index < -0.39 is 5.97 Å². The molecule has 0 aromatic rings. The van der Waals surface area contributed by atoms with Crippen molar-refractivity contribution < 1.29 is 14.6 Å². The molecule has 1 saturated heterocycles. The summed E-state index contributed by atoms with van der Waals surface area (Å²) in [5.41, 5.74) is 0. The van der Waals surface area contributed by atoms with Crippen molar-refractivity contribution in [2.45, 2.75) is 58.0 Å². The minimum absolute atomic E-state index is 0.0630. The molecule has 1 saturated carbocycles. The molecule has 1 aliphatic carbocycles. The van der Waals surface area contributed by atoms with Crippen LogP contribution in [0.3, 0.4) is 0 Å². The number of hydrogen-bond donors (Lipinski definition) is 1. The molecule has 1 aliphatic heterocycles. The van der Waals surface area contributed by atoms with Gasteiger partial charge in [0.15, 0.2) is 0 Å². The second kappa shape index (κ2) is 6.71. The SMILES string of the molecule is CCCN(C(C)C1CCCC1)C1COCC1C(=O)O. The first-order valence-electron chi connectivity index (χ1n) is 7.71. The molecule has 0 aromatic carbocycles. The number of carboxylic acids is 1. The average molecular weight is 269 g/mol. The van der Waals surface area contributed by atoms with E-state index in [4.69, 9.17) is 4.74 Å². The maximum Gasteiger partial charge on any atom is 0.310 e. The van der Waals surface area contributed by atoms with E-state index in [0.717, 1.165) is 18.9 Å². The van der Waals surface area contributed by atoms with Crippen LogP contribution in [0, 0.1) is 11.8 Å². The third-order valence-electron chi connectivity index (χ3n) is 4.88. The summed E-state index contributed by atoms with van der Waals surface area (Å²) in [5, 5.41) is 9.34. The molecule has 0 radical (unpaired) electrons. The van der Waals surface area contributed by atoms with Crippen molar-refractivity contribution in [2.24, 2.45) is 11.8 Å². The summed E-state index contributed by atoms with van der Waals surface area (Å²) >= 11 is 0. The Morgan fingerprint density at radius 3 is 2.63 bits per heavy atom. The fourth-order valence-electron chi connectivity index (χ4n) is 3.75. The maximum absolute atomic E-state index is 11.4. The van der Waals surface area contributed by atoms with Crippen LogP contribution in [0.2, 0.25) is 0 Å². The van der Waals surface area contributed by atoms with Crippen LogP contribution in [0.1, 0.15) is 46.0 Å². The Hall–Kier alpha value is -0.610. The molecule has 0 spiro atoms. The van der Waals surface area contributed by atoms with E-state index in [-0.39, 0.29) is 12.0 Å². The third-order valence-corrected chi connectivity index (χ3v) is 4.88. The number of carbonyl (C=O) groups is 1. The van der Waals surface area contributed by atoms with Gasteiger partial charge in [-0.15, -0.1) is 0 Å². The highest BCUT2D eigenvalue weighted by Crippen LogP contribution is 2.33. The molecule has 4 nitrogen and oxygen atoms in total. The Labute approximate surface area is 116 Å². The number of nitrogens with zero attached hydrogens (tertiary/aromatic N) is 1. The molecule has 0 amide bonds. The average Bonchev–Trinajstić information content (AvgIpc) is 3.05. The van der Waals surface area contributed by atoms with Gasteiger partial charge in [-0.1, -0.05) is 19.8 Å². The lowest BCUT2D eigenvalue weighted by molar-refractivity contribution is -0.143. The van der Waals surface area contributed by atoms with Crippen LogP contribution < -0.4 is 0 Å².